The third kappa shape index (κ3) is 5.94. The minimum absolute atomic E-state index is 0.381. The zero-order valence-corrected chi connectivity index (χ0v) is 7.69. The first-order valence-electron chi connectivity index (χ1n) is 4.26. The van der Waals surface area contributed by atoms with E-state index in [4.69, 9.17) is 12.2 Å². The van der Waals surface area contributed by atoms with Gasteiger partial charge in [-0.2, -0.15) is 0 Å². The lowest BCUT2D eigenvalue weighted by Crippen LogP contribution is -2.16. The van der Waals surface area contributed by atoms with E-state index in [1.54, 1.807) is 0 Å². The summed E-state index contributed by atoms with van der Waals surface area (Å²) in [6.07, 6.45) is 9.47. The zero-order chi connectivity index (χ0) is 8.74. The number of hydrogen-bond donors (Lipinski definition) is 1. The Balaban J connectivity index is 3.48. The number of rotatable bonds is 5. The van der Waals surface area contributed by atoms with Crippen molar-refractivity contribution in [1.82, 2.24) is 0 Å². The van der Waals surface area contributed by atoms with E-state index >= 15 is 0 Å². The van der Waals surface area contributed by atoms with E-state index < -0.39 is 0 Å². The molecule has 64 valence electrons. The minimum atomic E-state index is 0.381. The van der Waals surface area contributed by atoms with Crippen LogP contribution in [0.3, 0.4) is 0 Å². The molecule has 2 N–H and O–H groups in total. The van der Waals surface area contributed by atoms with E-state index in [1.165, 1.54) is 6.42 Å². The molecule has 0 heterocycles. The minimum Gasteiger partial charge on any atom is -0.330 e. The van der Waals surface area contributed by atoms with Crippen molar-refractivity contribution in [3.8, 4) is 12.3 Å². The van der Waals surface area contributed by atoms with Crippen molar-refractivity contribution in [3.05, 3.63) is 0 Å². The highest BCUT2D eigenvalue weighted by Gasteiger charge is 2.15. The number of unbranched alkanes of at least 4 members (excludes halogenated alkanes) is 1. The topological polar surface area (TPSA) is 26.0 Å². The Morgan fingerprint density at radius 1 is 1.36 bits per heavy atom. The third-order valence-electron chi connectivity index (χ3n) is 2.00. The second-order valence-corrected chi connectivity index (χ2v) is 3.76. The van der Waals surface area contributed by atoms with Crippen LogP contribution in [0.2, 0.25) is 0 Å². The molecule has 0 spiro atoms. The van der Waals surface area contributed by atoms with Gasteiger partial charge in [-0.1, -0.05) is 13.8 Å². The normalized spacial score (nSPS) is 11.1. The van der Waals surface area contributed by atoms with Gasteiger partial charge in [0, 0.05) is 6.42 Å². The Hall–Kier alpha value is -0.480. The smallest absolute Gasteiger partial charge is 0.00862 e. The molecule has 0 atom stereocenters. The highest BCUT2D eigenvalue weighted by Crippen LogP contribution is 2.26. The monoisotopic (exact) mass is 153 g/mol. The molecule has 1 nitrogen and oxygen atoms in total. The molecule has 0 unspecified atom stereocenters. The van der Waals surface area contributed by atoms with Gasteiger partial charge in [0.2, 0.25) is 0 Å². The van der Waals surface area contributed by atoms with E-state index in [-0.39, 0.29) is 0 Å². The fourth-order valence-corrected chi connectivity index (χ4v) is 1.18. The quantitative estimate of drug-likeness (QED) is 0.475. The molecule has 0 amide bonds. The first-order valence-corrected chi connectivity index (χ1v) is 4.26. The molecule has 1 heteroatoms. The van der Waals surface area contributed by atoms with Gasteiger partial charge in [-0.25, -0.2) is 0 Å². The van der Waals surface area contributed by atoms with Crippen molar-refractivity contribution in [2.24, 2.45) is 11.1 Å². The van der Waals surface area contributed by atoms with Crippen LogP contribution < -0.4 is 5.73 Å². The second kappa shape index (κ2) is 5.21. The third-order valence-corrected chi connectivity index (χ3v) is 2.00. The van der Waals surface area contributed by atoms with Crippen molar-refractivity contribution in [3.63, 3.8) is 0 Å². The Morgan fingerprint density at radius 3 is 2.45 bits per heavy atom. The summed E-state index contributed by atoms with van der Waals surface area (Å²) >= 11 is 0. The van der Waals surface area contributed by atoms with Gasteiger partial charge in [0.25, 0.3) is 0 Å². The van der Waals surface area contributed by atoms with Gasteiger partial charge in [0.1, 0.15) is 0 Å². The average Bonchev–Trinajstić information content (AvgIpc) is 1.87. The maximum atomic E-state index is 5.48. The standard InChI is InChI=1S/C10H19N/c1-4-5-6-7-10(2,3)8-9-11/h1H,5-9,11H2,2-3H3. The fourth-order valence-electron chi connectivity index (χ4n) is 1.18. The number of hydrogen-bond acceptors (Lipinski definition) is 1. The van der Waals surface area contributed by atoms with Gasteiger partial charge >= 0.3 is 0 Å². The first-order chi connectivity index (χ1) is 5.12. The summed E-state index contributed by atoms with van der Waals surface area (Å²) in [7, 11) is 0. The van der Waals surface area contributed by atoms with Gasteiger partial charge in [-0.3, -0.25) is 0 Å². The number of terminal acetylenes is 1. The van der Waals surface area contributed by atoms with E-state index in [1.807, 2.05) is 0 Å². The van der Waals surface area contributed by atoms with Crippen LogP contribution in [0.4, 0.5) is 0 Å². The summed E-state index contributed by atoms with van der Waals surface area (Å²) in [6, 6.07) is 0. The van der Waals surface area contributed by atoms with Crippen LogP contribution >= 0.6 is 0 Å². The van der Waals surface area contributed by atoms with E-state index in [0.29, 0.717) is 5.41 Å². The molecule has 0 aromatic rings. The predicted molar refractivity (Wildman–Crippen MR) is 50.1 cm³/mol. The van der Waals surface area contributed by atoms with Crippen molar-refractivity contribution in [2.45, 2.75) is 39.5 Å². The van der Waals surface area contributed by atoms with E-state index in [2.05, 4.69) is 19.8 Å². The largest absolute Gasteiger partial charge is 0.330 e. The Labute approximate surface area is 70.4 Å². The average molecular weight is 153 g/mol. The van der Waals surface area contributed by atoms with Crippen LogP contribution in [-0.4, -0.2) is 6.54 Å². The van der Waals surface area contributed by atoms with Crippen LogP contribution in [0.5, 0.6) is 0 Å². The maximum absolute atomic E-state index is 5.48. The molecule has 11 heavy (non-hydrogen) atoms. The van der Waals surface area contributed by atoms with Crippen LogP contribution in [0.15, 0.2) is 0 Å². The lowest BCUT2D eigenvalue weighted by molar-refractivity contribution is 0.306. The van der Waals surface area contributed by atoms with Crippen molar-refractivity contribution in [1.29, 1.82) is 0 Å². The van der Waals surface area contributed by atoms with Crippen LogP contribution in [0, 0.1) is 17.8 Å². The molecule has 0 aromatic carbocycles. The Morgan fingerprint density at radius 2 is 2.00 bits per heavy atom. The van der Waals surface area contributed by atoms with Crippen LogP contribution in [0.1, 0.15) is 39.5 Å². The fraction of sp³-hybridized carbons (Fsp3) is 0.800. The molecule has 0 aliphatic carbocycles. The molecular formula is C10H19N. The van der Waals surface area contributed by atoms with E-state index in [9.17, 15) is 0 Å². The first kappa shape index (κ1) is 10.5. The molecule has 0 aliphatic heterocycles. The highest BCUT2D eigenvalue weighted by atomic mass is 14.5. The van der Waals surface area contributed by atoms with E-state index in [0.717, 1.165) is 25.8 Å². The molecule has 0 fully saturated rings. The van der Waals surface area contributed by atoms with Crippen LogP contribution in [0.25, 0.3) is 0 Å². The molecular weight excluding hydrogens is 134 g/mol. The SMILES string of the molecule is C#CCCCC(C)(C)CCN. The molecule has 0 saturated heterocycles. The summed E-state index contributed by atoms with van der Waals surface area (Å²) in [5.74, 6) is 2.65. The van der Waals surface area contributed by atoms with Crippen LogP contribution in [-0.2, 0) is 0 Å². The lowest BCUT2D eigenvalue weighted by Gasteiger charge is -2.22. The van der Waals surface area contributed by atoms with Gasteiger partial charge in [-0.15, -0.1) is 12.3 Å². The molecule has 0 aromatic heterocycles. The van der Waals surface area contributed by atoms with Crippen molar-refractivity contribution >= 4 is 0 Å². The Bertz CT molecular complexity index is 130. The highest BCUT2D eigenvalue weighted by molar-refractivity contribution is 4.84. The molecule has 0 rings (SSSR count). The van der Waals surface area contributed by atoms with Gasteiger partial charge in [0.05, 0.1) is 0 Å². The Kier molecular flexibility index (Phi) is 4.98. The summed E-state index contributed by atoms with van der Waals surface area (Å²) in [6.45, 7) is 5.27. The molecule has 0 radical (unpaired) electrons. The molecule has 0 aliphatic rings. The summed E-state index contributed by atoms with van der Waals surface area (Å²) < 4.78 is 0. The molecule has 0 bridgehead atoms. The number of nitrogens with two attached hydrogens (primary N) is 1. The maximum Gasteiger partial charge on any atom is 0.00862 e. The lowest BCUT2D eigenvalue weighted by atomic mass is 9.84. The van der Waals surface area contributed by atoms with Crippen molar-refractivity contribution in [2.75, 3.05) is 6.54 Å². The predicted octanol–water partition coefficient (Wildman–Crippen LogP) is 2.16. The summed E-state index contributed by atoms with van der Waals surface area (Å²) in [4.78, 5) is 0. The molecule has 0 saturated carbocycles. The summed E-state index contributed by atoms with van der Waals surface area (Å²) in [5.41, 5.74) is 5.86. The van der Waals surface area contributed by atoms with Gasteiger partial charge < -0.3 is 5.73 Å². The zero-order valence-electron chi connectivity index (χ0n) is 7.69. The summed E-state index contributed by atoms with van der Waals surface area (Å²) in [5, 5.41) is 0. The van der Waals surface area contributed by atoms with Crippen molar-refractivity contribution < 1.29 is 0 Å². The van der Waals surface area contributed by atoms with Gasteiger partial charge in [-0.05, 0) is 31.2 Å². The second-order valence-electron chi connectivity index (χ2n) is 3.76. The van der Waals surface area contributed by atoms with Gasteiger partial charge in [0.15, 0.2) is 0 Å².